The number of carbonyl (C=O) groups excluding carboxylic acids is 1. The number of nitrogens with zero attached hydrogens (tertiary/aromatic N) is 2. The molecule has 0 aliphatic heterocycles. The lowest BCUT2D eigenvalue weighted by atomic mass is 9.97. The van der Waals surface area contributed by atoms with Crippen LogP contribution in [-0.4, -0.2) is 15.5 Å². The van der Waals surface area contributed by atoms with Crippen molar-refractivity contribution in [2.24, 2.45) is 7.05 Å². The zero-order valence-electron chi connectivity index (χ0n) is 12.5. The van der Waals surface area contributed by atoms with Crippen LogP contribution < -0.4 is 11.0 Å². The molecule has 1 aromatic heterocycles. The van der Waals surface area contributed by atoms with E-state index in [-0.39, 0.29) is 11.7 Å². The third kappa shape index (κ3) is 3.18. The van der Waals surface area contributed by atoms with Crippen molar-refractivity contribution in [3.8, 4) is 0 Å². The number of anilines is 1. The van der Waals surface area contributed by atoms with Crippen molar-refractivity contribution in [2.45, 2.75) is 26.7 Å². The molecular weight excluding hydrogens is 266 g/mol. The first kappa shape index (κ1) is 15.0. The Morgan fingerprint density at radius 1 is 1.19 bits per heavy atom. The number of aromatic nitrogens is 2. The fraction of sp³-hybridized carbons (Fsp3) is 0.312. The Labute approximate surface area is 123 Å². The number of hydrogen-bond donors (Lipinski definition) is 1. The van der Waals surface area contributed by atoms with Gasteiger partial charge < -0.3 is 9.88 Å². The highest BCUT2D eigenvalue weighted by Crippen LogP contribution is 2.18. The maximum absolute atomic E-state index is 12.5. The number of nitrogens with one attached hydrogen (secondary N) is 1. The molecule has 5 heteroatoms. The Morgan fingerprint density at radius 2 is 1.81 bits per heavy atom. The minimum absolute atomic E-state index is 0.218. The molecule has 2 rings (SSSR count). The minimum Gasteiger partial charge on any atom is -0.306 e. The van der Waals surface area contributed by atoms with Crippen LogP contribution in [0.5, 0.6) is 0 Å². The Kier molecular flexibility index (Phi) is 4.52. The lowest BCUT2D eigenvalue weighted by molar-refractivity contribution is 0.102. The highest BCUT2D eigenvalue weighted by atomic mass is 16.2. The van der Waals surface area contributed by atoms with Crippen LogP contribution in [0.1, 0.15) is 35.3 Å². The molecule has 1 aromatic carbocycles. The Balaban J connectivity index is 2.36. The number of hydrogen-bond acceptors (Lipinski definition) is 3. The Hall–Kier alpha value is -2.43. The summed E-state index contributed by atoms with van der Waals surface area (Å²) in [4.78, 5) is 27.8. The molecule has 1 N–H and O–H groups in total. The lowest BCUT2D eigenvalue weighted by Gasteiger charge is -2.12. The van der Waals surface area contributed by atoms with Crippen molar-refractivity contribution in [3.05, 3.63) is 57.6 Å². The number of aryl methyl sites for hydroxylation is 3. The lowest BCUT2D eigenvalue weighted by Crippen LogP contribution is -2.23. The van der Waals surface area contributed by atoms with Crippen LogP contribution in [0.25, 0.3) is 0 Å². The Bertz CT molecular complexity index is 697. The zero-order valence-corrected chi connectivity index (χ0v) is 12.5. The summed E-state index contributed by atoms with van der Waals surface area (Å²) in [6, 6.07) is 7.47. The monoisotopic (exact) mass is 285 g/mol. The van der Waals surface area contributed by atoms with Crippen molar-refractivity contribution in [1.29, 1.82) is 0 Å². The smallest absolute Gasteiger partial charge is 0.306 e. The van der Waals surface area contributed by atoms with Gasteiger partial charge in [0.05, 0.1) is 0 Å². The molecule has 0 spiro atoms. The van der Waals surface area contributed by atoms with Crippen molar-refractivity contribution in [1.82, 2.24) is 9.55 Å². The first-order valence-corrected chi connectivity index (χ1v) is 7.02. The van der Waals surface area contributed by atoms with Gasteiger partial charge in [0.2, 0.25) is 0 Å². The van der Waals surface area contributed by atoms with Gasteiger partial charge in [-0.05, 0) is 30.0 Å². The predicted molar refractivity (Wildman–Crippen MR) is 82.6 cm³/mol. The van der Waals surface area contributed by atoms with Crippen LogP contribution in [0.15, 0.2) is 35.3 Å². The fourth-order valence-corrected chi connectivity index (χ4v) is 2.25. The zero-order chi connectivity index (χ0) is 15.4. The summed E-state index contributed by atoms with van der Waals surface area (Å²) in [6.45, 7) is 4.03. The summed E-state index contributed by atoms with van der Waals surface area (Å²) in [5.41, 5.74) is 2.28. The minimum atomic E-state index is -0.396. The molecule has 1 heterocycles. The molecule has 0 fully saturated rings. The second-order valence-corrected chi connectivity index (χ2v) is 4.82. The van der Waals surface area contributed by atoms with Gasteiger partial charge in [-0.2, -0.15) is 4.98 Å². The second kappa shape index (κ2) is 6.35. The molecule has 5 nitrogen and oxygen atoms in total. The summed E-state index contributed by atoms with van der Waals surface area (Å²) < 4.78 is 1.35. The van der Waals surface area contributed by atoms with Gasteiger partial charge in [-0.3, -0.25) is 4.79 Å². The number of rotatable bonds is 4. The van der Waals surface area contributed by atoms with Crippen LogP contribution in [0.2, 0.25) is 0 Å². The van der Waals surface area contributed by atoms with Crippen LogP contribution >= 0.6 is 0 Å². The molecule has 2 aromatic rings. The molecule has 1 amide bonds. The summed E-state index contributed by atoms with van der Waals surface area (Å²) in [7, 11) is 1.61. The van der Waals surface area contributed by atoms with E-state index in [1.54, 1.807) is 19.3 Å². The van der Waals surface area contributed by atoms with Gasteiger partial charge in [0.25, 0.3) is 5.91 Å². The summed E-state index contributed by atoms with van der Waals surface area (Å²) in [5, 5.41) is 2.71. The average molecular weight is 285 g/mol. The normalized spacial score (nSPS) is 10.4. The molecule has 0 saturated carbocycles. The van der Waals surface area contributed by atoms with E-state index in [1.807, 2.05) is 32.0 Å². The molecule has 0 atom stereocenters. The quantitative estimate of drug-likeness (QED) is 0.936. The Morgan fingerprint density at radius 3 is 2.33 bits per heavy atom. The highest BCUT2D eigenvalue weighted by Gasteiger charge is 2.15. The van der Waals surface area contributed by atoms with Gasteiger partial charge in [-0.25, -0.2) is 4.79 Å². The number of carbonyl (C=O) groups is 1. The van der Waals surface area contributed by atoms with E-state index >= 15 is 0 Å². The van der Waals surface area contributed by atoms with Crippen molar-refractivity contribution < 1.29 is 4.79 Å². The summed E-state index contributed by atoms with van der Waals surface area (Å²) in [6.07, 6.45) is 3.14. The predicted octanol–water partition coefficient (Wildman–Crippen LogP) is 2.16. The standard InChI is InChI=1S/C16H19N3O2/c1-4-11-7-6-8-12(5-2)14(11)15(20)17-13-9-10-19(3)16(21)18-13/h6-10H,4-5H2,1-3H3,(H,17,18,20,21). The summed E-state index contributed by atoms with van der Waals surface area (Å²) >= 11 is 0. The molecule has 0 aliphatic carbocycles. The first-order valence-electron chi connectivity index (χ1n) is 7.02. The van der Waals surface area contributed by atoms with Crippen molar-refractivity contribution >= 4 is 11.7 Å². The van der Waals surface area contributed by atoms with E-state index < -0.39 is 5.69 Å². The van der Waals surface area contributed by atoms with Crippen LogP contribution in [-0.2, 0) is 19.9 Å². The number of amides is 1. The molecule has 21 heavy (non-hydrogen) atoms. The summed E-state index contributed by atoms with van der Waals surface area (Å²) in [5.74, 6) is 0.0566. The van der Waals surface area contributed by atoms with Crippen LogP contribution in [0.3, 0.4) is 0 Å². The fourth-order valence-electron chi connectivity index (χ4n) is 2.25. The SMILES string of the molecule is CCc1cccc(CC)c1C(=O)Nc1ccn(C)c(=O)n1. The maximum Gasteiger partial charge on any atom is 0.349 e. The molecule has 0 unspecified atom stereocenters. The third-order valence-electron chi connectivity index (χ3n) is 3.44. The first-order chi connectivity index (χ1) is 10.1. The van der Waals surface area contributed by atoms with E-state index in [9.17, 15) is 9.59 Å². The molecule has 110 valence electrons. The van der Waals surface area contributed by atoms with Gasteiger partial charge in [0, 0.05) is 18.8 Å². The van der Waals surface area contributed by atoms with E-state index in [0.717, 1.165) is 24.0 Å². The van der Waals surface area contributed by atoms with Gasteiger partial charge in [-0.1, -0.05) is 32.0 Å². The molecule has 0 saturated heterocycles. The average Bonchev–Trinajstić information content (AvgIpc) is 2.49. The van der Waals surface area contributed by atoms with E-state index in [0.29, 0.717) is 5.56 Å². The molecule has 0 radical (unpaired) electrons. The maximum atomic E-state index is 12.5. The van der Waals surface area contributed by atoms with Crippen LogP contribution in [0.4, 0.5) is 5.82 Å². The molecule has 0 aliphatic rings. The molecular formula is C16H19N3O2. The largest absolute Gasteiger partial charge is 0.349 e. The third-order valence-corrected chi connectivity index (χ3v) is 3.44. The van der Waals surface area contributed by atoms with E-state index in [4.69, 9.17) is 0 Å². The van der Waals surface area contributed by atoms with E-state index in [2.05, 4.69) is 10.3 Å². The number of benzene rings is 1. The topological polar surface area (TPSA) is 64.0 Å². The van der Waals surface area contributed by atoms with Gasteiger partial charge >= 0.3 is 5.69 Å². The van der Waals surface area contributed by atoms with Crippen molar-refractivity contribution in [3.63, 3.8) is 0 Å². The van der Waals surface area contributed by atoms with Crippen LogP contribution in [0, 0.1) is 0 Å². The van der Waals surface area contributed by atoms with Gasteiger partial charge in [0.15, 0.2) is 0 Å². The molecule has 0 bridgehead atoms. The van der Waals surface area contributed by atoms with Gasteiger partial charge in [0.1, 0.15) is 5.82 Å². The van der Waals surface area contributed by atoms with Gasteiger partial charge in [-0.15, -0.1) is 0 Å². The highest BCUT2D eigenvalue weighted by molar-refractivity contribution is 6.05. The second-order valence-electron chi connectivity index (χ2n) is 4.82. The van der Waals surface area contributed by atoms with Crippen molar-refractivity contribution in [2.75, 3.05) is 5.32 Å². The van der Waals surface area contributed by atoms with E-state index in [1.165, 1.54) is 4.57 Å².